The van der Waals surface area contributed by atoms with Crippen molar-refractivity contribution in [2.24, 2.45) is 5.73 Å². The number of thiol groups is 1. The Bertz CT molecular complexity index is 388. The second kappa shape index (κ2) is 5.39. The van der Waals surface area contributed by atoms with Crippen molar-refractivity contribution in [2.45, 2.75) is 18.0 Å². The first-order valence-electron chi connectivity index (χ1n) is 3.42. The molecule has 0 saturated heterocycles. The highest BCUT2D eigenvalue weighted by atomic mass is 32.3. The van der Waals surface area contributed by atoms with Gasteiger partial charge in [0.1, 0.15) is 0 Å². The number of hydrogen-bond acceptors (Lipinski definition) is 8. The Kier molecular flexibility index (Phi) is 5.31. The molecule has 12 heteroatoms. The third kappa shape index (κ3) is 4.32. The van der Waals surface area contributed by atoms with Crippen LogP contribution in [0.4, 0.5) is 0 Å². The Labute approximate surface area is 99.1 Å². The van der Waals surface area contributed by atoms with E-state index in [4.69, 9.17) is 10.3 Å². The number of nitrogens with two attached hydrogens (primary N) is 1. The van der Waals surface area contributed by atoms with Crippen LogP contribution in [0.5, 0.6) is 0 Å². The molecule has 0 aromatic rings. The van der Waals surface area contributed by atoms with Gasteiger partial charge in [0.2, 0.25) is 16.5 Å². The Morgan fingerprint density at radius 2 is 2.06 bits per heavy atom. The first-order valence-corrected chi connectivity index (χ1v) is 6.29. The molecule has 4 N–H and O–H groups in total. The lowest BCUT2D eigenvalue weighted by Gasteiger charge is -2.25. The maximum atomic E-state index is 11.1. The summed E-state index contributed by atoms with van der Waals surface area (Å²) in [6.07, 6.45) is 0. The zero-order valence-electron chi connectivity index (χ0n) is 7.76. The Hall–Kier alpha value is -0.240. The monoisotopic (exact) mass is 295 g/mol. The summed E-state index contributed by atoms with van der Waals surface area (Å²) in [5.41, 5.74) is -0.180. The molecule has 0 heterocycles. The van der Waals surface area contributed by atoms with Crippen molar-refractivity contribution < 1.29 is 34.9 Å². The van der Waals surface area contributed by atoms with Crippen LogP contribution in [0.2, 0.25) is 0 Å². The van der Waals surface area contributed by atoms with Crippen LogP contribution in [0.1, 0.15) is 6.92 Å². The van der Waals surface area contributed by atoms with Crippen LogP contribution in [0.25, 0.3) is 0 Å². The molecule has 3 atom stereocenters. The van der Waals surface area contributed by atoms with E-state index >= 15 is 0 Å². The van der Waals surface area contributed by atoms with Gasteiger partial charge >= 0.3 is 10.4 Å². The van der Waals surface area contributed by atoms with E-state index in [1.54, 1.807) is 0 Å². The van der Waals surface area contributed by atoms with Gasteiger partial charge in [0.25, 0.3) is 5.91 Å². The highest BCUT2D eigenvalue weighted by molar-refractivity contribution is 7.92. The van der Waals surface area contributed by atoms with Crippen molar-refractivity contribution in [1.82, 2.24) is 0 Å². The van der Waals surface area contributed by atoms with Gasteiger partial charge in [-0.2, -0.15) is 8.42 Å². The molecular weight excluding hydrogens is 286 g/mol. The average Bonchev–Trinajstić information content (AvgIpc) is 2.11. The number of carbonyl (C=O) groups is 1. The minimum atomic E-state index is -5.07. The molecule has 16 heavy (non-hydrogen) atoms. The minimum absolute atomic E-state index is 0.732. The fourth-order valence-electron chi connectivity index (χ4n) is 0.579. The van der Waals surface area contributed by atoms with Gasteiger partial charge in [-0.1, -0.05) is 0 Å². The molecule has 0 spiro atoms. The van der Waals surface area contributed by atoms with E-state index in [1.807, 2.05) is 0 Å². The Morgan fingerprint density at radius 3 is 2.31 bits per heavy atom. The van der Waals surface area contributed by atoms with Crippen molar-refractivity contribution in [3.8, 4) is 0 Å². The predicted molar refractivity (Wildman–Crippen MR) is 54.5 cm³/mol. The normalized spacial score (nSPS) is 19.8. The molecule has 0 aromatic heterocycles. The Morgan fingerprint density at radius 1 is 1.62 bits per heavy atom. The lowest BCUT2D eigenvalue weighted by molar-refractivity contribution is -0.139. The number of hydrogen-bond donors (Lipinski definition) is 4. The number of aliphatic hydroxyl groups is 1. The Balaban J connectivity index is 5.26. The molecule has 0 fully saturated rings. The van der Waals surface area contributed by atoms with E-state index in [0.29, 0.717) is 0 Å². The number of rotatable bonds is 6. The van der Waals surface area contributed by atoms with E-state index in [2.05, 4.69) is 20.7 Å². The molecule has 0 saturated carbocycles. The molecule has 9 nitrogen and oxygen atoms in total. The van der Waals surface area contributed by atoms with E-state index in [0.717, 1.165) is 6.92 Å². The summed E-state index contributed by atoms with van der Waals surface area (Å²) < 4.78 is 47.9. The van der Waals surface area contributed by atoms with Crippen molar-refractivity contribution in [3.63, 3.8) is 0 Å². The summed E-state index contributed by atoms with van der Waals surface area (Å²) in [5, 5.41) is 9.43. The second-order valence-corrected chi connectivity index (χ2v) is 5.30. The van der Waals surface area contributed by atoms with Crippen LogP contribution >= 0.6 is 12.9 Å². The lowest BCUT2D eigenvalue weighted by atomic mass is 10.1. The van der Waals surface area contributed by atoms with Gasteiger partial charge in [-0.3, -0.25) is 9.35 Å². The quantitative estimate of drug-likeness (QED) is 0.247. The highest BCUT2D eigenvalue weighted by Crippen LogP contribution is 2.20. The van der Waals surface area contributed by atoms with Gasteiger partial charge in [-0.05, 0) is 19.8 Å². The third-order valence-electron chi connectivity index (χ3n) is 1.42. The standard InChI is InChI=1S/C4H9NO8S3/c1-4(7,2(5)6)3(15(8)13-14)12-16(9,10)11/h3,7,14H,1H3,(H2,5,6)(H,9,10,11). The van der Waals surface area contributed by atoms with Gasteiger partial charge in [0.05, 0.1) is 0 Å². The second-order valence-electron chi connectivity index (χ2n) is 2.70. The van der Waals surface area contributed by atoms with Crippen LogP contribution in [0.15, 0.2) is 0 Å². The summed E-state index contributed by atoms with van der Waals surface area (Å²) in [4.78, 5) is 10.8. The summed E-state index contributed by atoms with van der Waals surface area (Å²) in [7, 11) is -5.07. The SMILES string of the molecule is CC(O)(C(N)=O)C(OS(=O)(=O)O)S(=O)OS. The maximum absolute atomic E-state index is 11.1. The van der Waals surface area contributed by atoms with Crippen molar-refractivity contribution in [1.29, 1.82) is 0 Å². The lowest BCUT2D eigenvalue weighted by Crippen LogP contribution is -2.54. The maximum Gasteiger partial charge on any atom is 0.398 e. The van der Waals surface area contributed by atoms with Gasteiger partial charge in [0.15, 0.2) is 5.60 Å². The number of amides is 1. The average molecular weight is 295 g/mol. The fraction of sp³-hybridized carbons (Fsp3) is 0.750. The fourth-order valence-corrected chi connectivity index (χ4v) is 2.35. The van der Waals surface area contributed by atoms with Crippen LogP contribution in [0, 0.1) is 0 Å². The third-order valence-corrected chi connectivity index (χ3v) is 3.47. The first-order chi connectivity index (χ1) is 7.02. The molecule has 0 rings (SSSR count). The van der Waals surface area contributed by atoms with Crippen molar-refractivity contribution in [3.05, 3.63) is 0 Å². The molecule has 0 aliphatic heterocycles. The van der Waals surface area contributed by atoms with Gasteiger partial charge in [0, 0.05) is 0 Å². The zero-order valence-corrected chi connectivity index (χ0v) is 10.3. The summed E-state index contributed by atoms with van der Waals surface area (Å²) >= 11 is 0.436. The molecule has 0 aliphatic rings. The molecule has 3 unspecified atom stereocenters. The largest absolute Gasteiger partial charge is 0.398 e. The van der Waals surface area contributed by atoms with Gasteiger partial charge in [-0.25, -0.2) is 12.0 Å². The molecule has 1 amide bonds. The van der Waals surface area contributed by atoms with Crippen molar-refractivity contribution >= 4 is 40.3 Å². The summed E-state index contributed by atoms with van der Waals surface area (Å²) in [6.45, 7) is 0.732. The van der Waals surface area contributed by atoms with Crippen LogP contribution in [-0.4, -0.2) is 39.2 Å². The molecule has 0 bridgehead atoms. The molecule has 0 radical (unpaired) electrons. The topological polar surface area (TPSA) is 153 Å². The van der Waals surface area contributed by atoms with Gasteiger partial charge in [-0.15, -0.1) is 0 Å². The van der Waals surface area contributed by atoms with Crippen LogP contribution in [-0.2, 0) is 34.1 Å². The smallest absolute Gasteiger partial charge is 0.377 e. The number of primary amides is 1. The van der Waals surface area contributed by atoms with Crippen LogP contribution in [0.3, 0.4) is 0 Å². The van der Waals surface area contributed by atoms with E-state index in [1.165, 1.54) is 0 Å². The first kappa shape index (κ1) is 15.8. The van der Waals surface area contributed by atoms with E-state index in [-0.39, 0.29) is 0 Å². The van der Waals surface area contributed by atoms with E-state index < -0.39 is 38.4 Å². The molecule has 0 aliphatic carbocycles. The molecule has 96 valence electrons. The predicted octanol–water partition coefficient (Wildman–Crippen LogP) is -2.11. The zero-order chi connectivity index (χ0) is 13.1. The highest BCUT2D eigenvalue weighted by Gasteiger charge is 2.46. The minimum Gasteiger partial charge on any atom is -0.377 e. The van der Waals surface area contributed by atoms with Crippen LogP contribution < -0.4 is 5.73 Å². The van der Waals surface area contributed by atoms with Crippen molar-refractivity contribution in [2.75, 3.05) is 0 Å². The van der Waals surface area contributed by atoms with E-state index in [9.17, 15) is 22.5 Å². The van der Waals surface area contributed by atoms with Gasteiger partial charge < -0.3 is 10.8 Å². The molecule has 0 aromatic carbocycles. The molecular formula is C4H9NO8S3. The summed E-state index contributed by atoms with van der Waals surface area (Å²) in [6, 6.07) is 0. The summed E-state index contributed by atoms with van der Waals surface area (Å²) in [5.74, 6) is -1.43. The number of carbonyl (C=O) groups excluding carboxylic acids is 1.